The van der Waals surface area contributed by atoms with Crippen LogP contribution in [0.15, 0.2) is 36.4 Å². The van der Waals surface area contributed by atoms with Crippen LogP contribution in [0.2, 0.25) is 0 Å². The van der Waals surface area contributed by atoms with Crippen molar-refractivity contribution < 1.29 is 9.72 Å². The quantitative estimate of drug-likeness (QED) is 0.607. The van der Waals surface area contributed by atoms with Gasteiger partial charge in [-0.15, -0.1) is 0 Å². The third-order valence-electron chi connectivity index (χ3n) is 5.46. The molecule has 0 aliphatic carbocycles. The fourth-order valence-electron chi connectivity index (χ4n) is 4.12. The number of carbonyl (C=O) groups excluding carboxylic acids is 1. The molecule has 2 aromatic rings. The van der Waals surface area contributed by atoms with E-state index in [1.165, 1.54) is 11.6 Å². The molecule has 2 aliphatic rings. The summed E-state index contributed by atoms with van der Waals surface area (Å²) in [5.74, 6) is -0.170. The number of nitrogens with zero attached hydrogens (tertiary/aromatic N) is 3. The summed E-state index contributed by atoms with van der Waals surface area (Å²) in [6, 6.07) is 11.0. The maximum atomic E-state index is 13.1. The third kappa shape index (κ3) is 3.27. The monoisotopic (exact) mass is 365 g/mol. The van der Waals surface area contributed by atoms with Crippen LogP contribution in [0.25, 0.3) is 0 Å². The van der Waals surface area contributed by atoms with Gasteiger partial charge in [-0.2, -0.15) is 0 Å². The zero-order valence-corrected chi connectivity index (χ0v) is 15.5. The summed E-state index contributed by atoms with van der Waals surface area (Å²) >= 11 is 0. The van der Waals surface area contributed by atoms with Crippen LogP contribution in [-0.2, 0) is 6.42 Å². The van der Waals surface area contributed by atoms with Gasteiger partial charge in [-0.1, -0.05) is 17.7 Å². The Hall–Kier alpha value is -2.89. The summed E-state index contributed by atoms with van der Waals surface area (Å²) in [4.78, 5) is 28.2. The van der Waals surface area contributed by atoms with Crippen LogP contribution in [-0.4, -0.2) is 30.5 Å². The Morgan fingerprint density at radius 2 is 1.74 bits per heavy atom. The summed E-state index contributed by atoms with van der Waals surface area (Å²) in [5, 5.41) is 11.6. The van der Waals surface area contributed by atoms with Crippen molar-refractivity contribution in [3.05, 3.63) is 63.2 Å². The van der Waals surface area contributed by atoms with Crippen molar-refractivity contribution in [1.82, 2.24) is 0 Å². The van der Waals surface area contributed by atoms with Crippen LogP contribution in [0.3, 0.4) is 0 Å². The normalized spacial score (nSPS) is 16.3. The van der Waals surface area contributed by atoms with Crippen molar-refractivity contribution in [2.45, 2.75) is 32.6 Å². The van der Waals surface area contributed by atoms with Gasteiger partial charge in [-0.3, -0.25) is 14.9 Å². The lowest BCUT2D eigenvalue weighted by atomic mass is 9.98. The van der Waals surface area contributed by atoms with E-state index in [9.17, 15) is 14.9 Å². The summed E-state index contributed by atoms with van der Waals surface area (Å²) < 4.78 is 0. The van der Waals surface area contributed by atoms with Gasteiger partial charge in [0.15, 0.2) is 0 Å². The molecule has 1 fully saturated rings. The number of nitro groups is 1. The van der Waals surface area contributed by atoms with Crippen LogP contribution in [0.5, 0.6) is 0 Å². The predicted molar refractivity (Wildman–Crippen MR) is 106 cm³/mol. The van der Waals surface area contributed by atoms with Crippen molar-refractivity contribution >= 4 is 23.0 Å². The van der Waals surface area contributed by atoms with E-state index >= 15 is 0 Å². The smallest absolute Gasteiger partial charge is 0.293 e. The van der Waals surface area contributed by atoms with E-state index in [2.05, 4.69) is 6.07 Å². The molecule has 0 unspecified atom stereocenters. The number of carbonyl (C=O) groups is 1. The van der Waals surface area contributed by atoms with E-state index in [4.69, 9.17) is 0 Å². The molecule has 0 N–H and O–H groups in total. The van der Waals surface area contributed by atoms with Gasteiger partial charge in [0.2, 0.25) is 0 Å². The molecule has 140 valence electrons. The molecule has 0 atom stereocenters. The highest BCUT2D eigenvalue weighted by Gasteiger charge is 2.27. The lowest BCUT2D eigenvalue weighted by Crippen LogP contribution is -2.35. The fourth-order valence-corrected chi connectivity index (χ4v) is 4.12. The van der Waals surface area contributed by atoms with Gasteiger partial charge in [0.25, 0.3) is 11.6 Å². The van der Waals surface area contributed by atoms with Gasteiger partial charge in [0, 0.05) is 37.0 Å². The Labute approximate surface area is 158 Å². The minimum Gasteiger partial charge on any atom is -0.366 e. The largest absolute Gasteiger partial charge is 0.366 e. The van der Waals surface area contributed by atoms with Crippen LogP contribution >= 0.6 is 0 Å². The van der Waals surface area contributed by atoms with E-state index in [1.54, 1.807) is 17.0 Å². The fraction of sp³-hybridized carbons (Fsp3) is 0.381. The number of fused-ring (bicyclic) bond motifs is 1. The van der Waals surface area contributed by atoms with Gasteiger partial charge in [-0.25, -0.2) is 0 Å². The molecule has 0 aromatic heterocycles. The summed E-state index contributed by atoms with van der Waals surface area (Å²) in [5.41, 5.74) is 4.26. The molecule has 0 bridgehead atoms. The number of rotatable bonds is 3. The number of hydrogen-bond donors (Lipinski definition) is 0. The Bertz CT molecular complexity index is 904. The van der Waals surface area contributed by atoms with Crippen LogP contribution < -0.4 is 9.80 Å². The highest BCUT2D eigenvalue weighted by Crippen LogP contribution is 2.34. The zero-order valence-electron chi connectivity index (χ0n) is 15.5. The van der Waals surface area contributed by atoms with Crippen molar-refractivity contribution in [3.8, 4) is 0 Å². The summed E-state index contributed by atoms with van der Waals surface area (Å²) in [7, 11) is 0. The van der Waals surface area contributed by atoms with E-state index in [0.717, 1.165) is 50.0 Å². The predicted octanol–water partition coefficient (Wildman–Crippen LogP) is 4.10. The molecule has 1 saturated heterocycles. The van der Waals surface area contributed by atoms with E-state index in [0.29, 0.717) is 17.8 Å². The second-order valence-corrected chi connectivity index (χ2v) is 7.35. The van der Waals surface area contributed by atoms with Gasteiger partial charge < -0.3 is 9.80 Å². The number of anilines is 2. The van der Waals surface area contributed by atoms with E-state index < -0.39 is 0 Å². The Morgan fingerprint density at radius 1 is 1.00 bits per heavy atom. The molecule has 27 heavy (non-hydrogen) atoms. The molecule has 6 heteroatoms. The molecule has 0 spiro atoms. The third-order valence-corrected chi connectivity index (χ3v) is 5.46. The van der Waals surface area contributed by atoms with Crippen molar-refractivity contribution in [2.75, 3.05) is 29.4 Å². The van der Waals surface area contributed by atoms with Crippen molar-refractivity contribution in [3.63, 3.8) is 0 Å². The summed E-state index contributed by atoms with van der Waals surface area (Å²) in [6.45, 7) is 4.33. The van der Waals surface area contributed by atoms with Crippen LogP contribution in [0.4, 0.5) is 17.1 Å². The highest BCUT2D eigenvalue weighted by atomic mass is 16.6. The Morgan fingerprint density at radius 3 is 2.48 bits per heavy atom. The molecule has 0 radical (unpaired) electrons. The number of hydrogen-bond acceptors (Lipinski definition) is 4. The van der Waals surface area contributed by atoms with Crippen molar-refractivity contribution in [2.24, 2.45) is 0 Å². The van der Waals surface area contributed by atoms with Gasteiger partial charge >= 0.3 is 0 Å². The lowest BCUT2D eigenvalue weighted by Gasteiger charge is -2.30. The molecule has 6 nitrogen and oxygen atoms in total. The van der Waals surface area contributed by atoms with Gasteiger partial charge in [0.1, 0.15) is 5.69 Å². The maximum Gasteiger partial charge on any atom is 0.293 e. The molecule has 1 amide bonds. The van der Waals surface area contributed by atoms with Gasteiger partial charge in [-0.05, 0) is 56.4 Å². The zero-order chi connectivity index (χ0) is 19.0. The minimum atomic E-state index is -0.377. The molecule has 2 aliphatic heterocycles. The first-order chi connectivity index (χ1) is 13.0. The number of amides is 1. The average molecular weight is 365 g/mol. The highest BCUT2D eigenvalue weighted by molar-refractivity contribution is 6.07. The van der Waals surface area contributed by atoms with E-state index in [-0.39, 0.29) is 16.5 Å². The minimum absolute atomic E-state index is 0.0175. The number of aryl methyl sites for hydroxylation is 2. The second-order valence-electron chi connectivity index (χ2n) is 7.35. The first-order valence-corrected chi connectivity index (χ1v) is 9.49. The maximum absolute atomic E-state index is 13.1. The lowest BCUT2D eigenvalue weighted by molar-refractivity contribution is -0.384. The summed E-state index contributed by atoms with van der Waals surface area (Å²) in [6.07, 6.45) is 3.94. The standard InChI is InChI=1S/C21H23N3O3/c1-15-6-8-18-16(13-15)5-4-12-23(18)21(25)17-7-9-19(20(14-17)24(26)27)22-10-2-3-11-22/h6-9,13-14H,2-5,10-12H2,1H3. The van der Waals surface area contributed by atoms with Crippen LogP contribution in [0.1, 0.15) is 40.7 Å². The Balaban J connectivity index is 1.69. The molecular weight excluding hydrogens is 342 g/mol. The molecule has 0 saturated carbocycles. The van der Waals surface area contributed by atoms with Gasteiger partial charge in [0.05, 0.1) is 4.92 Å². The average Bonchev–Trinajstić information content (AvgIpc) is 3.20. The number of nitro benzene ring substituents is 1. The van der Waals surface area contributed by atoms with E-state index in [1.807, 2.05) is 24.0 Å². The molecule has 2 aromatic carbocycles. The first kappa shape index (κ1) is 17.5. The molecular formula is C21H23N3O3. The Kier molecular flexibility index (Phi) is 4.56. The molecule has 4 rings (SSSR count). The SMILES string of the molecule is Cc1ccc2c(c1)CCCN2C(=O)c1ccc(N2CCCC2)c([N+](=O)[O-])c1. The molecule has 2 heterocycles. The topological polar surface area (TPSA) is 66.7 Å². The first-order valence-electron chi connectivity index (χ1n) is 9.49. The number of benzene rings is 2. The van der Waals surface area contributed by atoms with Crippen molar-refractivity contribution in [1.29, 1.82) is 0 Å². The second kappa shape index (κ2) is 7.02. The van der Waals surface area contributed by atoms with Crippen LogP contribution in [0, 0.1) is 17.0 Å².